The van der Waals surface area contributed by atoms with Crippen LogP contribution in [0.1, 0.15) is 145 Å². The van der Waals surface area contributed by atoms with Crippen molar-refractivity contribution in [2.75, 3.05) is 13.2 Å². The van der Waals surface area contributed by atoms with E-state index in [0.717, 1.165) is 36.0 Å². The first-order chi connectivity index (χ1) is 29.6. The van der Waals surface area contributed by atoms with E-state index in [2.05, 4.69) is 164 Å². The van der Waals surface area contributed by atoms with Gasteiger partial charge in [-0.3, -0.25) is 0 Å². The van der Waals surface area contributed by atoms with Crippen molar-refractivity contribution in [3.05, 3.63) is 133 Å². The van der Waals surface area contributed by atoms with Crippen molar-refractivity contribution in [3.63, 3.8) is 0 Å². The van der Waals surface area contributed by atoms with Gasteiger partial charge in [-0.15, -0.1) is 0 Å². The number of aryl methyl sites for hydroxylation is 12. The quantitative estimate of drug-likeness (QED) is 0.0974. The molecule has 0 aromatic heterocycles. The van der Waals surface area contributed by atoms with Gasteiger partial charge in [0.2, 0.25) is 0 Å². The molecule has 2 aliphatic carbocycles. The van der Waals surface area contributed by atoms with Gasteiger partial charge in [0.1, 0.15) is 17.6 Å². The van der Waals surface area contributed by atoms with Crippen LogP contribution in [0.3, 0.4) is 0 Å². The van der Waals surface area contributed by atoms with Crippen LogP contribution in [0, 0.1) is 83.1 Å². The molecule has 0 N–H and O–H groups in total. The molecule has 332 valence electrons. The highest BCUT2D eigenvalue weighted by Gasteiger charge is 2.41. The third-order valence-corrected chi connectivity index (χ3v) is 18.5. The average molecular weight is 851 g/mol. The highest BCUT2D eigenvalue weighted by molar-refractivity contribution is 7.67. The summed E-state index contributed by atoms with van der Waals surface area (Å²) in [7, 11) is -0.563. The minimum Gasteiger partial charge on any atom is -0.494 e. The number of hydrogen-bond donors (Lipinski definition) is 0. The zero-order valence-corrected chi connectivity index (χ0v) is 42.4. The van der Waals surface area contributed by atoms with E-state index in [1.165, 1.54) is 153 Å². The summed E-state index contributed by atoms with van der Waals surface area (Å²) in [6.07, 6.45) is 13.0. The SMILES string of the molecule is CCOc1cc(OCC)cc([PH+](C2CCCCC2)C2CCCCC2)c1.Cc1cc(C)c([B-](c2c(C)cc(C)cc2C)(c2c(C)cc(C)cc2C)c2c(C)cc(C)cc2C)c(C)c1. The maximum atomic E-state index is 5.89. The maximum Gasteiger partial charge on any atom is 0.126 e. The zero-order valence-electron chi connectivity index (χ0n) is 41.4. The molecule has 5 aromatic rings. The molecule has 2 nitrogen and oxygen atoms in total. The molecule has 0 atom stereocenters. The summed E-state index contributed by atoms with van der Waals surface area (Å²) >= 11 is 0. The molecule has 0 unspecified atom stereocenters. The first-order valence-electron chi connectivity index (χ1n) is 24.4. The lowest BCUT2D eigenvalue weighted by molar-refractivity contribution is 0.323. The Morgan fingerprint density at radius 3 is 0.887 bits per heavy atom. The van der Waals surface area contributed by atoms with Gasteiger partial charge in [0.15, 0.2) is 0 Å². The number of rotatable bonds is 11. The van der Waals surface area contributed by atoms with E-state index in [4.69, 9.17) is 9.47 Å². The van der Waals surface area contributed by atoms with Crippen molar-refractivity contribution in [2.45, 2.75) is 172 Å². The van der Waals surface area contributed by atoms with Gasteiger partial charge >= 0.3 is 0 Å². The van der Waals surface area contributed by atoms with E-state index in [0.29, 0.717) is 0 Å². The molecule has 0 spiro atoms. The van der Waals surface area contributed by atoms with Gasteiger partial charge in [-0.25, -0.2) is 0 Å². The van der Waals surface area contributed by atoms with Crippen molar-refractivity contribution in [1.29, 1.82) is 0 Å². The van der Waals surface area contributed by atoms with E-state index < -0.39 is 14.1 Å². The van der Waals surface area contributed by atoms with Crippen molar-refractivity contribution < 1.29 is 9.47 Å². The number of ether oxygens (including phenoxy) is 2. The van der Waals surface area contributed by atoms with Crippen LogP contribution in [0.15, 0.2) is 66.7 Å². The first kappa shape index (κ1) is 47.7. The lowest BCUT2D eigenvalue weighted by atomic mass is 9.10. The Labute approximate surface area is 379 Å². The summed E-state index contributed by atoms with van der Waals surface area (Å²) in [4.78, 5) is 0. The van der Waals surface area contributed by atoms with Crippen LogP contribution in [-0.2, 0) is 0 Å². The lowest BCUT2D eigenvalue weighted by Gasteiger charge is -2.51. The standard InChI is InChI=1S/C36H44B.C22H35O2P/c1-21-13-25(5)33(26(6)14-21)37(34-27(7)15-22(2)16-28(34)8,35-29(9)17-23(3)18-30(35)10)36-31(11)19-24(4)20-32(36)12;1-3-23-18-15-19(24-4-2)17-22(16-18)25(20-11-7-5-8-12-20)21-13-9-6-10-14-21/h13-20H,1-12H3;15-17,20-21H,3-14H2,1-2H3/q-1;/p+1. The Morgan fingerprint density at radius 1 is 0.387 bits per heavy atom. The first-order valence-corrected chi connectivity index (χ1v) is 26.0. The lowest BCUT2D eigenvalue weighted by Crippen LogP contribution is -2.78. The van der Waals surface area contributed by atoms with Gasteiger partial charge in [-0.2, -0.15) is 21.9 Å². The van der Waals surface area contributed by atoms with Gasteiger partial charge in [-0.05, 0) is 148 Å². The molecule has 0 aliphatic heterocycles. The average Bonchev–Trinajstić information content (AvgIpc) is 3.18. The van der Waals surface area contributed by atoms with Gasteiger partial charge < -0.3 is 9.47 Å². The van der Waals surface area contributed by atoms with Crippen LogP contribution >= 0.6 is 7.92 Å². The Morgan fingerprint density at radius 2 is 0.645 bits per heavy atom. The van der Waals surface area contributed by atoms with Gasteiger partial charge in [0.25, 0.3) is 0 Å². The van der Waals surface area contributed by atoms with Crippen LogP contribution in [-0.4, -0.2) is 30.7 Å². The van der Waals surface area contributed by atoms with Crippen molar-refractivity contribution >= 4 is 41.2 Å². The van der Waals surface area contributed by atoms with Crippen LogP contribution in [0.2, 0.25) is 0 Å². The highest BCUT2D eigenvalue weighted by Crippen LogP contribution is 2.55. The molecular weight excluding hydrogens is 770 g/mol. The largest absolute Gasteiger partial charge is 0.494 e. The molecule has 62 heavy (non-hydrogen) atoms. The van der Waals surface area contributed by atoms with Crippen LogP contribution in [0.4, 0.5) is 0 Å². The Hall–Kier alpha value is -3.81. The monoisotopic (exact) mass is 851 g/mol. The summed E-state index contributed by atoms with van der Waals surface area (Å²) in [5, 5.41) is 1.58. The smallest absolute Gasteiger partial charge is 0.126 e. The highest BCUT2D eigenvalue weighted by atomic mass is 31.1. The molecule has 0 radical (unpaired) electrons. The van der Waals surface area contributed by atoms with E-state index in [1.54, 1.807) is 5.30 Å². The third kappa shape index (κ3) is 10.1. The number of benzene rings is 5. The normalized spacial score (nSPS) is 15.1. The maximum absolute atomic E-state index is 5.89. The summed E-state index contributed by atoms with van der Waals surface area (Å²) in [5.41, 5.74) is 24.3. The molecule has 0 saturated heterocycles. The third-order valence-electron chi connectivity index (χ3n) is 14.6. The Bertz CT molecular complexity index is 1970. The second kappa shape index (κ2) is 20.8. The van der Waals surface area contributed by atoms with E-state index in [1.807, 2.05) is 0 Å². The predicted molar refractivity (Wildman–Crippen MR) is 277 cm³/mol. The van der Waals surface area contributed by atoms with Crippen molar-refractivity contribution in [2.24, 2.45) is 0 Å². The predicted octanol–water partition coefficient (Wildman–Crippen LogP) is 12.8. The molecule has 2 saturated carbocycles. The van der Waals surface area contributed by atoms with Crippen molar-refractivity contribution in [1.82, 2.24) is 0 Å². The van der Waals surface area contributed by atoms with E-state index >= 15 is 0 Å². The fourth-order valence-corrected chi connectivity index (χ4v) is 17.5. The fraction of sp³-hybridized carbons (Fsp3) is 0.483. The molecule has 5 aromatic carbocycles. The number of hydrogen-bond acceptors (Lipinski definition) is 2. The second-order valence-electron chi connectivity index (χ2n) is 19.8. The summed E-state index contributed by atoms with van der Waals surface area (Å²) < 4.78 is 11.8. The topological polar surface area (TPSA) is 18.5 Å². The zero-order chi connectivity index (χ0) is 44.9. The molecule has 0 heterocycles. The molecule has 0 bridgehead atoms. The molecule has 0 amide bonds. The molecule has 7 rings (SSSR count). The Kier molecular flexibility index (Phi) is 16.0. The molecular formula is C58H80BO2P. The summed E-state index contributed by atoms with van der Waals surface area (Å²) in [6, 6.07) is 26.0. The fourth-order valence-electron chi connectivity index (χ4n) is 13.2. The van der Waals surface area contributed by atoms with Crippen LogP contribution < -0.4 is 36.6 Å². The van der Waals surface area contributed by atoms with Crippen LogP contribution in [0.25, 0.3) is 0 Å². The minimum atomic E-state index is -1.48. The van der Waals surface area contributed by atoms with Gasteiger partial charge in [-0.1, -0.05) is 128 Å². The van der Waals surface area contributed by atoms with Crippen LogP contribution in [0.5, 0.6) is 11.5 Å². The second-order valence-corrected chi connectivity index (χ2v) is 22.9. The van der Waals surface area contributed by atoms with Gasteiger partial charge in [0.05, 0.1) is 29.8 Å². The van der Waals surface area contributed by atoms with E-state index in [-0.39, 0.29) is 0 Å². The minimum absolute atomic E-state index is 0.563. The summed E-state index contributed by atoms with van der Waals surface area (Å²) in [5.74, 6) is 2.02. The molecule has 2 aliphatic rings. The molecule has 4 heteroatoms. The van der Waals surface area contributed by atoms with Crippen molar-refractivity contribution in [3.8, 4) is 11.5 Å². The molecule has 2 fully saturated rings. The van der Waals surface area contributed by atoms with Gasteiger partial charge in [0, 0.05) is 26.1 Å². The Balaban J connectivity index is 0.000000223. The van der Waals surface area contributed by atoms with E-state index in [9.17, 15) is 0 Å². The summed E-state index contributed by atoms with van der Waals surface area (Å²) in [6.45, 7) is 33.2.